The van der Waals surface area contributed by atoms with E-state index in [2.05, 4.69) is 45.1 Å². The predicted octanol–water partition coefficient (Wildman–Crippen LogP) is 3.22. The van der Waals surface area contributed by atoms with Gasteiger partial charge in [0.25, 0.3) is 0 Å². The second-order valence-electron chi connectivity index (χ2n) is 3.76. The number of alkyl halides is 1. The number of para-hydroxylation sites is 1. The molecule has 1 aromatic rings. The lowest BCUT2D eigenvalue weighted by Gasteiger charge is -2.18. The molecule has 0 saturated heterocycles. The second-order valence-corrected chi connectivity index (χ2v) is 4.55. The van der Waals surface area contributed by atoms with Gasteiger partial charge in [0.1, 0.15) is 0 Å². The fourth-order valence-corrected chi connectivity index (χ4v) is 2.43. The summed E-state index contributed by atoms with van der Waals surface area (Å²) < 4.78 is 0. The molecule has 0 spiro atoms. The van der Waals surface area contributed by atoms with Gasteiger partial charge in [-0.25, -0.2) is 0 Å². The van der Waals surface area contributed by atoms with Crippen molar-refractivity contribution >= 4 is 21.6 Å². The third-order valence-electron chi connectivity index (χ3n) is 2.80. The van der Waals surface area contributed by atoms with E-state index >= 15 is 0 Å². The molecule has 0 N–H and O–H groups in total. The van der Waals surface area contributed by atoms with Gasteiger partial charge in [0.15, 0.2) is 0 Å². The number of rotatable bonds is 4. The Morgan fingerprint density at radius 1 is 1.21 bits per heavy atom. The molecule has 0 bridgehead atoms. The van der Waals surface area contributed by atoms with Crippen LogP contribution in [-0.2, 0) is 6.42 Å². The van der Waals surface area contributed by atoms with Crippen molar-refractivity contribution in [3.8, 4) is 0 Å². The molecule has 2 heteroatoms. The molecule has 0 fully saturated rings. The molecule has 0 aliphatic carbocycles. The number of anilines is 1. The zero-order valence-corrected chi connectivity index (χ0v) is 9.96. The first-order valence-electron chi connectivity index (χ1n) is 5.30. The maximum Gasteiger partial charge on any atom is 0.0399 e. The highest BCUT2D eigenvalue weighted by Gasteiger charge is 2.16. The van der Waals surface area contributed by atoms with Crippen LogP contribution in [0.1, 0.15) is 18.4 Å². The lowest BCUT2D eigenvalue weighted by molar-refractivity contribution is 0.742. The summed E-state index contributed by atoms with van der Waals surface area (Å²) in [4.78, 5) is 2.51. The minimum absolute atomic E-state index is 1.13. The first kappa shape index (κ1) is 10.0. The number of unbranched alkanes of at least 4 members (excludes halogenated alkanes) is 1. The molecule has 76 valence electrons. The molecule has 1 aliphatic rings. The van der Waals surface area contributed by atoms with Crippen molar-refractivity contribution in [2.24, 2.45) is 0 Å². The lowest BCUT2D eigenvalue weighted by atomic mass is 10.2. The fourth-order valence-electron chi connectivity index (χ4n) is 2.04. The molecule has 0 aromatic heterocycles. The van der Waals surface area contributed by atoms with Crippen LogP contribution < -0.4 is 4.90 Å². The largest absolute Gasteiger partial charge is 0.371 e. The Hall–Kier alpha value is -0.500. The van der Waals surface area contributed by atoms with Gasteiger partial charge in [-0.15, -0.1) is 0 Å². The van der Waals surface area contributed by atoms with Crippen molar-refractivity contribution in [1.29, 1.82) is 0 Å². The molecule has 1 aliphatic heterocycles. The Kier molecular flexibility index (Phi) is 3.46. The van der Waals surface area contributed by atoms with E-state index < -0.39 is 0 Å². The number of halogens is 1. The highest BCUT2D eigenvalue weighted by Crippen LogP contribution is 2.27. The first-order chi connectivity index (χ1) is 6.92. The highest BCUT2D eigenvalue weighted by atomic mass is 79.9. The monoisotopic (exact) mass is 253 g/mol. The molecule has 0 amide bonds. The zero-order chi connectivity index (χ0) is 9.80. The molecule has 1 heterocycles. The van der Waals surface area contributed by atoms with Crippen LogP contribution in [0.3, 0.4) is 0 Å². The molecule has 0 atom stereocenters. The summed E-state index contributed by atoms with van der Waals surface area (Å²) in [5.74, 6) is 0. The summed E-state index contributed by atoms with van der Waals surface area (Å²) in [7, 11) is 0. The minimum Gasteiger partial charge on any atom is -0.371 e. The number of hydrogen-bond acceptors (Lipinski definition) is 1. The van der Waals surface area contributed by atoms with Crippen LogP contribution in [0.15, 0.2) is 24.3 Å². The summed E-state index contributed by atoms with van der Waals surface area (Å²) >= 11 is 3.47. The second kappa shape index (κ2) is 4.83. The van der Waals surface area contributed by atoms with Gasteiger partial charge in [0.2, 0.25) is 0 Å². The summed E-state index contributed by atoms with van der Waals surface area (Å²) in [6.07, 6.45) is 3.79. The van der Waals surface area contributed by atoms with Crippen molar-refractivity contribution in [2.45, 2.75) is 19.3 Å². The topological polar surface area (TPSA) is 3.24 Å². The summed E-state index contributed by atoms with van der Waals surface area (Å²) in [5, 5.41) is 1.13. The molecule has 0 unspecified atom stereocenters. The van der Waals surface area contributed by atoms with Crippen LogP contribution in [0.25, 0.3) is 0 Å². The van der Waals surface area contributed by atoms with E-state index in [-0.39, 0.29) is 0 Å². The van der Waals surface area contributed by atoms with Crippen LogP contribution in [0.4, 0.5) is 5.69 Å². The van der Waals surface area contributed by atoms with E-state index in [1.54, 1.807) is 0 Å². The average molecular weight is 254 g/mol. The molecule has 1 nitrogen and oxygen atoms in total. The first-order valence-corrected chi connectivity index (χ1v) is 6.43. The van der Waals surface area contributed by atoms with E-state index in [9.17, 15) is 0 Å². The molecular weight excluding hydrogens is 238 g/mol. The Labute approximate surface area is 94.2 Å². The van der Waals surface area contributed by atoms with Crippen molar-refractivity contribution < 1.29 is 0 Å². The Balaban J connectivity index is 1.96. The van der Waals surface area contributed by atoms with Gasteiger partial charge in [0, 0.05) is 24.1 Å². The maximum atomic E-state index is 3.47. The van der Waals surface area contributed by atoms with E-state index in [4.69, 9.17) is 0 Å². The summed E-state index contributed by atoms with van der Waals surface area (Å²) in [6.45, 7) is 2.42. The fraction of sp³-hybridized carbons (Fsp3) is 0.500. The number of benzene rings is 1. The molecule has 0 saturated carbocycles. The zero-order valence-electron chi connectivity index (χ0n) is 8.38. The molecule has 2 rings (SSSR count). The third kappa shape index (κ3) is 2.11. The molecule has 1 aromatic carbocycles. The van der Waals surface area contributed by atoms with Gasteiger partial charge in [-0.3, -0.25) is 0 Å². The van der Waals surface area contributed by atoms with E-state index in [1.165, 1.54) is 43.6 Å². The van der Waals surface area contributed by atoms with Crippen LogP contribution >= 0.6 is 15.9 Å². The van der Waals surface area contributed by atoms with Gasteiger partial charge < -0.3 is 4.90 Å². The number of fused-ring (bicyclic) bond motifs is 1. The SMILES string of the molecule is BrCCCCN1CCc2ccccc21. The maximum absolute atomic E-state index is 3.47. The van der Waals surface area contributed by atoms with Gasteiger partial charge >= 0.3 is 0 Å². The van der Waals surface area contributed by atoms with Gasteiger partial charge in [-0.05, 0) is 30.9 Å². The summed E-state index contributed by atoms with van der Waals surface area (Å²) in [5.41, 5.74) is 2.98. The Morgan fingerprint density at radius 2 is 2.07 bits per heavy atom. The van der Waals surface area contributed by atoms with Crippen molar-refractivity contribution in [1.82, 2.24) is 0 Å². The van der Waals surface area contributed by atoms with E-state index in [0.29, 0.717) is 0 Å². The van der Waals surface area contributed by atoms with Crippen LogP contribution in [0.5, 0.6) is 0 Å². The molecule has 0 radical (unpaired) electrons. The smallest absolute Gasteiger partial charge is 0.0399 e. The lowest BCUT2D eigenvalue weighted by Crippen LogP contribution is -2.21. The van der Waals surface area contributed by atoms with E-state index in [0.717, 1.165) is 5.33 Å². The third-order valence-corrected chi connectivity index (χ3v) is 3.36. The van der Waals surface area contributed by atoms with E-state index in [1.807, 2.05) is 0 Å². The van der Waals surface area contributed by atoms with Crippen LogP contribution in [0.2, 0.25) is 0 Å². The molecule has 14 heavy (non-hydrogen) atoms. The average Bonchev–Trinajstić information content (AvgIpc) is 2.63. The van der Waals surface area contributed by atoms with Crippen LogP contribution in [-0.4, -0.2) is 18.4 Å². The van der Waals surface area contributed by atoms with Crippen molar-refractivity contribution in [3.05, 3.63) is 29.8 Å². The number of nitrogens with zero attached hydrogens (tertiary/aromatic N) is 1. The number of hydrogen-bond donors (Lipinski definition) is 0. The predicted molar refractivity (Wildman–Crippen MR) is 65.4 cm³/mol. The molecular formula is C12H16BrN. The van der Waals surface area contributed by atoms with Gasteiger partial charge in [-0.2, -0.15) is 0 Å². The Morgan fingerprint density at radius 3 is 2.93 bits per heavy atom. The Bertz CT molecular complexity index is 298. The van der Waals surface area contributed by atoms with Gasteiger partial charge in [-0.1, -0.05) is 34.1 Å². The standard InChI is InChI=1S/C12H16BrN/c13-8-3-4-9-14-10-7-11-5-1-2-6-12(11)14/h1-2,5-6H,3-4,7-10H2. The quantitative estimate of drug-likeness (QED) is 0.589. The highest BCUT2D eigenvalue weighted by molar-refractivity contribution is 9.09. The normalized spacial score (nSPS) is 14.5. The minimum atomic E-state index is 1.13. The summed E-state index contributed by atoms with van der Waals surface area (Å²) in [6, 6.07) is 8.78. The van der Waals surface area contributed by atoms with Gasteiger partial charge in [0.05, 0.1) is 0 Å². The van der Waals surface area contributed by atoms with Crippen LogP contribution in [0, 0.1) is 0 Å². The van der Waals surface area contributed by atoms with Crippen molar-refractivity contribution in [2.75, 3.05) is 23.3 Å². The van der Waals surface area contributed by atoms with Crippen molar-refractivity contribution in [3.63, 3.8) is 0 Å².